The highest BCUT2D eigenvalue weighted by Gasteiger charge is 2.25. The van der Waals surface area contributed by atoms with Crippen LogP contribution < -0.4 is 5.32 Å². The van der Waals surface area contributed by atoms with E-state index in [1.54, 1.807) is 19.1 Å². The van der Waals surface area contributed by atoms with Gasteiger partial charge >= 0.3 is 5.97 Å². The van der Waals surface area contributed by atoms with E-state index in [-0.39, 0.29) is 11.8 Å². The fourth-order valence-corrected chi connectivity index (χ4v) is 1.41. The molecular formula is C12H16N2O3. The predicted molar refractivity (Wildman–Crippen MR) is 62.6 cm³/mol. The summed E-state index contributed by atoms with van der Waals surface area (Å²) in [5, 5.41) is 11.6. The first-order valence-electron chi connectivity index (χ1n) is 5.50. The molecule has 0 aromatic carbocycles. The van der Waals surface area contributed by atoms with E-state index in [1.165, 1.54) is 12.4 Å². The van der Waals surface area contributed by atoms with Crippen LogP contribution in [-0.2, 0) is 4.79 Å². The Kier molecular flexibility index (Phi) is 4.63. The van der Waals surface area contributed by atoms with Gasteiger partial charge in [-0.15, -0.1) is 0 Å². The Morgan fingerprint density at radius 2 is 2.00 bits per heavy atom. The molecule has 2 N–H and O–H groups in total. The smallest absolute Gasteiger partial charge is 0.326 e. The highest BCUT2D eigenvalue weighted by molar-refractivity contribution is 5.96. The number of aliphatic carboxylic acids is 1. The van der Waals surface area contributed by atoms with Gasteiger partial charge in [0.05, 0.1) is 0 Å². The molecule has 0 aliphatic carbocycles. The molecule has 5 heteroatoms. The van der Waals surface area contributed by atoms with Gasteiger partial charge in [-0.1, -0.05) is 20.3 Å². The zero-order chi connectivity index (χ0) is 12.8. The maximum absolute atomic E-state index is 11.8. The first-order valence-corrected chi connectivity index (χ1v) is 5.50. The average Bonchev–Trinajstić information content (AvgIpc) is 2.35. The molecule has 0 aliphatic rings. The molecule has 17 heavy (non-hydrogen) atoms. The topological polar surface area (TPSA) is 79.3 Å². The van der Waals surface area contributed by atoms with Crippen molar-refractivity contribution in [2.45, 2.75) is 26.3 Å². The molecule has 1 amide bonds. The van der Waals surface area contributed by atoms with E-state index >= 15 is 0 Å². The predicted octanol–water partition coefficient (Wildman–Crippen LogP) is 1.31. The third kappa shape index (κ3) is 3.55. The van der Waals surface area contributed by atoms with Crippen LogP contribution in [0.2, 0.25) is 0 Å². The fraction of sp³-hybridized carbons (Fsp3) is 0.417. The van der Waals surface area contributed by atoms with Crippen LogP contribution in [0, 0.1) is 5.92 Å². The summed E-state index contributed by atoms with van der Waals surface area (Å²) in [6.07, 6.45) is 3.68. The third-order valence-corrected chi connectivity index (χ3v) is 2.71. The summed E-state index contributed by atoms with van der Waals surface area (Å²) in [5.74, 6) is -1.51. The minimum Gasteiger partial charge on any atom is -0.480 e. The summed E-state index contributed by atoms with van der Waals surface area (Å²) in [6, 6.07) is 2.23. The van der Waals surface area contributed by atoms with Crippen molar-refractivity contribution < 1.29 is 14.7 Å². The lowest BCUT2D eigenvalue weighted by molar-refractivity contribution is -0.140. The molecule has 92 valence electrons. The number of nitrogens with zero attached hydrogens (tertiary/aromatic N) is 1. The summed E-state index contributed by atoms with van der Waals surface area (Å²) in [7, 11) is 0. The second-order valence-corrected chi connectivity index (χ2v) is 3.91. The van der Waals surface area contributed by atoms with Crippen LogP contribution in [0.15, 0.2) is 24.5 Å². The van der Waals surface area contributed by atoms with Crippen molar-refractivity contribution in [1.82, 2.24) is 10.3 Å². The summed E-state index contributed by atoms with van der Waals surface area (Å²) >= 11 is 0. The van der Waals surface area contributed by atoms with Crippen molar-refractivity contribution in [3.63, 3.8) is 0 Å². The first-order chi connectivity index (χ1) is 8.06. The second-order valence-electron chi connectivity index (χ2n) is 3.91. The molecule has 0 saturated carbocycles. The highest BCUT2D eigenvalue weighted by Crippen LogP contribution is 2.09. The van der Waals surface area contributed by atoms with E-state index in [0.29, 0.717) is 12.0 Å². The lowest BCUT2D eigenvalue weighted by Crippen LogP contribution is -2.45. The number of hydrogen-bond acceptors (Lipinski definition) is 3. The van der Waals surface area contributed by atoms with E-state index in [1.807, 2.05) is 6.92 Å². The van der Waals surface area contributed by atoms with Gasteiger partial charge in [0, 0.05) is 18.0 Å². The molecule has 0 bridgehead atoms. The average molecular weight is 236 g/mol. The number of nitrogens with one attached hydrogen (secondary N) is 1. The molecule has 5 nitrogen and oxygen atoms in total. The Morgan fingerprint density at radius 1 is 1.41 bits per heavy atom. The van der Waals surface area contributed by atoms with E-state index in [2.05, 4.69) is 10.3 Å². The van der Waals surface area contributed by atoms with E-state index in [0.717, 1.165) is 0 Å². The number of carboxylic acid groups (broad SMARTS) is 1. The third-order valence-electron chi connectivity index (χ3n) is 2.71. The zero-order valence-electron chi connectivity index (χ0n) is 9.88. The van der Waals surface area contributed by atoms with Crippen LogP contribution in [0.25, 0.3) is 0 Å². The highest BCUT2D eigenvalue weighted by atomic mass is 16.4. The summed E-state index contributed by atoms with van der Waals surface area (Å²) in [6.45, 7) is 3.69. The summed E-state index contributed by atoms with van der Waals surface area (Å²) in [4.78, 5) is 26.6. The molecule has 0 radical (unpaired) electrons. The first kappa shape index (κ1) is 13.2. The van der Waals surface area contributed by atoms with Gasteiger partial charge in [0.25, 0.3) is 5.91 Å². The Labute approximate surface area is 99.9 Å². The SMILES string of the molecule is CC[C@@H](C)[C@H](NC(=O)c1ccncc1)C(=O)O. The minimum atomic E-state index is -1.01. The Balaban J connectivity index is 2.75. The lowest BCUT2D eigenvalue weighted by Gasteiger charge is -2.20. The number of amides is 1. The van der Waals surface area contributed by atoms with Gasteiger partial charge in [-0.25, -0.2) is 4.79 Å². The van der Waals surface area contributed by atoms with Crippen LogP contribution in [0.5, 0.6) is 0 Å². The normalized spacial score (nSPS) is 13.8. The quantitative estimate of drug-likeness (QED) is 0.807. The summed E-state index contributed by atoms with van der Waals surface area (Å²) in [5.41, 5.74) is 0.412. The maximum Gasteiger partial charge on any atom is 0.326 e. The minimum absolute atomic E-state index is 0.113. The van der Waals surface area contributed by atoms with Gasteiger partial charge in [0.15, 0.2) is 0 Å². The maximum atomic E-state index is 11.8. The van der Waals surface area contributed by atoms with Crippen LogP contribution in [-0.4, -0.2) is 28.0 Å². The van der Waals surface area contributed by atoms with Crippen molar-refractivity contribution in [2.24, 2.45) is 5.92 Å². The second kappa shape index (κ2) is 5.98. The van der Waals surface area contributed by atoms with Crippen LogP contribution >= 0.6 is 0 Å². The molecule has 1 heterocycles. The molecular weight excluding hydrogens is 220 g/mol. The van der Waals surface area contributed by atoms with Crippen LogP contribution in [0.1, 0.15) is 30.6 Å². The van der Waals surface area contributed by atoms with Crippen LogP contribution in [0.3, 0.4) is 0 Å². The van der Waals surface area contributed by atoms with Gasteiger partial charge in [-0.05, 0) is 18.1 Å². The Hall–Kier alpha value is -1.91. The summed E-state index contributed by atoms with van der Waals surface area (Å²) < 4.78 is 0. The number of carbonyl (C=O) groups excluding carboxylic acids is 1. The van der Waals surface area contributed by atoms with E-state index < -0.39 is 12.0 Å². The van der Waals surface area contributed by atoms with Crippen molar-refractivity contribution in [2.75, 3.05) is 0 Å². The zero-order valence-corrected chi connectivity index (χ0v) is 9.88. The molecule has 0 unspecified atom stereocenters. The van der Waals surface area contributed by atoms with Crippen LogP contribution in [0.4, 0.5) is 0 Å². The monoisotopic (exact) mass is 236 g/mol. The molecule has 2 atom stereocenters. The molecule has 1 aromatic rings. The van der Waals surface area contributed by atoms with Gasteiger partial charge < -0.3 is 10.4 Å². The van der Waals surface area contributed by atoms with Gasteiger partial charge in [-0.3, -0.25) is 9.78 Å². The fourth-order valence-electron chi connectivity index (χ4n) is 1.41. The van der Waals surface area contributed by atoms with E-state index in [4.69, 9.17) is 5.11 Å². The molecule has 0 fully saturated rings. The van der Waals surface area contributed by atoms with Crippen molar-refractivity contribution in [3.8, 4) is 0 Å². The van der Waals surface area contributed by atoms with Gasteiger partial charge in [0.2, 0.25) is 0 Å². The number of carbonyl (C=O) groups is 2. The van der Waals surface area contributed by atoms with Gasteiger partial charge in [0.1, 0.15) is 6.04 Å². The number of rotatable bonds is 5. The Morgan fingerprint density at radius 3 is 2.47 bits per heavy atom. The standard InChI is InChI=1S/C12H16N2O3/c1-3-8(2)10(12(16)17)14-11(15)9-4-6-13-7-5-9/h4-8,10H,3H2,1-2H3,(H,14,15)(H,16,17)/t8-,10+/m1/s1. The Bertz CT molecular complexity index is 392. The molecule has 1 aromatic heterocycles. The molecule has 1 rings (SSSR count). The number of pyridine rings is 1. The molecule has 0 aliphatic heterocycles. The van der Waals surface area contributed by atoms with Crippen molar-refractivity contribution in [1.29, 1.82) is 0 Å². The van der Waals surface area contributed by atoms with Crippen molar-refractivity contribution >= 4 is 11.9 Å². The number of carboxylic acids is 1. The molecule has 0 saturated heterocycles. The largest absolute Gasteiger partial charge is 0.480 e. The van der Waals surface area contributed by atoms with Gasteiger partial charge in [-0.2, -0.15) is 0 Å². The number of hydrogen-bond donors (Lipinski definition) is 2. The van der Waals surface area contributed by atoms with Crippen molar-refractivity contribution in [3.05, 3.63) is 30.1 Å². The molecule has 0 spiro atoms. The number of aromatic nitrogens is 1. The lowest BCUT2D eigenvalue weighted by atomic mass is 9.99. The van der Waals surface area contributed by atoms with E-state index in [9.17, 15) is 9.59 Å².